The largest absolute Gasteiger partial charge is 0.400 e. The summed E-state index contributed by atoms with van der Waals surface area (Å²) in [7, 11) is 0. The third-order valence-electron chi connectivity index (χ3n) is 1.91. The molecule has 0 saturated heterocycles. The molecule has 0 spiro atoms. The van der Waals surface area contributed by atoms with Crippen LogP contribution in [0.15, 0.2) is 10.6 Å². The van der Waals surface area contributed by atoms with Gasteiger partial charge in [-0.05, 0) is 19.4 Å². The molecule has 0 rings (SSSR count). The number of rotatable bonds is 7. The summed E-state index contributed by atoms with van der Waals surface area (Å²) in [6.07, 6.45) is 0.285. The van der Waals surface area contributed by atoms with Gasteiger partial charge in [-0.3, -0.25) is 0 Å². The molecule has 0 aliphatic heterocycles. The summed E-state index contributed by atoms with van der Waals surface area (Å²) in [5.41, 5.74) is 6.07. The molecule has 14 heavy (non-hydrogen) atoms. The number of nitrogens with two attached hydrogens (primary N) is 1. The maximum Gasteiger partial charge on any atom is 0.101 e. The van der Waals surface area contributed by atoms with E-state index in [2.05, 4.69) is 17.9 Å². The summed E-state index contributed by atoms with van der Waals surface area (Å²) in [6.45, 7) is 2.69. The first-order valence-electron chi connectivity index (χ1n) is 4.73. The van der Waals surface area contributed by atoms with E-state index in [4.69, 9.17) is 10.8 Å². The first kappa shape index (κ1) is 13.7. The van der Waals surface area contributed by atoms with E-state index >= 15 is 0 Å². The molecule has 4 N–H and O–H groups in total. The first-order chi connectivity index (χ1) is 6.61. The molecule has 1 atom stereocenters. The molecule has 5 heteroatoms. The Balaban J connectivity index is 3.55. The number of nitrogens with one attached hydrogen (secondary N) is 1. The van der Waals surface area contributed by atoms with Crippen molar-refractivity contribution in [2.75, 3.05) is 19.7 Å². The van der Waals surface area contributed by atoms with Crippen LogP contribution in [0.5, 0.6) is 0 Å². The zero-order valence-corrected chi connectivity index (χ0v) is 9.36. The zero-order chi connectivity index (χ0) is 11.0. The molecule has 0 aromatic carbocycles. The van der Waals surface area contributed by atoms with E-state index in [0.29, 0.717) is 36.5 Å². The lowest BCUT2D eigenvalue weighted by Crippen LogP contribution is -2.24. The third kappa shape index (κ3) is 6.23. The van der Waals surface area contributed by atoms with Crippen LogP contribution in [0.25, 0.3) is 0 Å². The molecule has 1 unspecified atom stereocenters. The van der Waals surface area contributed by atoms with E-state index in [1.807, 2.05) is 6.92 Å². The van der Waals surface area contributed by atoms with E-state index in [1.165, 1.54) is 0 Å². The predicted molar refractivity (Wildman–Crippen MR) is 60.0 cm³/mol. The Kier molecular flexibility index (Phi) is 7.93. The second-order valence-corrected chi connectivity index (χ2v) is 3.64. The molecular weight excluding hydrogens is 203 g/mol. The van der Waals surface area contributed by atoms with Gasteiger partial charge in [0.1, 0.15) is 6.17 Å². The van der Waals surface area contributed by atoms with E-state index in [-0.39, 0.29) is 6.61 Å². The normalized spacial score (nSPS) is 15.1. The van der Waals surface area contributed by atoms with Crippen LogP contribution in [0.3, 0.4) is 0 Å². The van der Waals surface area contributed by atoms with E-state index in [1.54, 1.807) is 0 Å². The van der Waals surface area contributed by atoms with E-state index in [9.17, 15) is 4.39 Å². The lowest BCUT2D eigenvalue weighted by Gasteiger charge is -2.08. The van der Waals surface area contributed by atoms with Gasteiger partial charge in [0.05, 0.1) is 6.61 Å². The SMILES string of the molecule is CCC(F)CCNC/C(N)=C(/S)CO. The molecule has 0 bridgehead atoms. The molecule has 3 nitrogen and oxygen atoms in total. The van der Waals surface area contributed by atoms with Gasteiger partial charge in [-0.1, -0.05) is 6.92 Å². The van der Waals surface area contributed by atoms with Crippen LogP contribution in [0.4, 0.5) is 4.39 Å². The van der Waals surface area contributed by atoms with Crippen LogP contribution < -0.4 is 11.1 Å². The average molecular weight is 222 g/mol. The van der Waals surface area contributed by atoms with Gasteiger partial charge in [-0.2, -0.15) is 0 Å². The van der Waals surface area contributed by atoms with E-state index in [0.717, 1.165) is 0 Å². The fourth-order valence-corrected chi connectivity index (χ4v) is 0.968. The highest BCUT2D eigenvalue weighted by atomic mass is 32.1. The van der Waals surface area contributed by atoms with Gasteiger partial charge < -0.3 is 16.2 Å². The molecule has 0 fully saturated rings. The van der Waals surface area contributed by atoms with Crippen LogP contribution in [0.2, 0.25) is 0 Å². The predicted octanol–water partition coefficient (Wildman–Crippen LogP) is 0.807. The minimum atomic E-state index is -0.749. The molecule has 0 amide bonds. The average Bonchev–Trinajstić information content (AvgIpc) is 2.22. The highest BCUT2D eigenvalue weighted by Gasteiger charge is 2.02. The fourth-order valence-electron chi connectivity index (χ4n) is 0.889. The Morgan fingerprint density at radius 1 is 1.64 bits per heavy atom. The van der Waals surface area contributed by atoms with Gasteiger partial charge in [0.15, 0.2) is 0 Å². The molecular formula is C9H19FN2OS. The van der Waals surface area contributed by atoms with Crippen molar-refractivity contribution >= 4 is 12.6 Å². The van der Waals surface area contributed by atoms with Crippen LogP contribution in [-0.4, -0.2) is 31.0 Å². The summed E-state index contributed by atoms with van der Waals surface area (Å²) in [6, 6.07) is 0. The Bertz CT molecular complexity index is 188. The minimum Gasteiger partial charge on any atom is -0.400 e. The monoisotopic (exact) mass is 222 g/mol. The van der Waals surface area contributed by atoms with Crippen LogP contribution in [0, 0.1) is 0 Å². The van der Waals surface area contributed by atoms with Gasteiger partial charge in [0.25, 0.3) is 0 Å². The van der Waals surface area contributed by atoms with Crippen molar-refractivity contribution < 1.29 is 9.50 Å². The van der Waals surface area contributed by atoms with Crippen molar-refractivity contribution in [3.05, 3.63) is 10.6 Å². The molecule has 0 heterocycles. The van der Waals surface area contributed by atoms with Crippen molar-refractivity contribution in [3.8, 4) is 0 Å². The molecule has 0 aliphatic carbocycles. The Morgan fingerprint density at radius 3 is 2.79 bits per heavy atom. The van der Waals surface area contributed by atoms with Gasteiger partial charge in [-0.25, -0.2) is 4.39 Å². The summed E-state index contributed by atoms with van der Waals surface area (Å²) in [4.78, 5) is 0.463. The van der Waals surface area contributed by atoms with E-state index < -0.39 is 6.17 Å². The Morgan fingerprint density at radius 2 is 2.29 bits per heavy atom. The van der Waals surface area contributed by atoms with Crippen LogP contribution in [-0.2, 0) is 0 Å². The number of hydrogen-bond donors (Lipinski definition) is 4. The minimum absolute atomic E-state index is 0.155. The molecule has 0 aromatic heterocycles. The van der Waals surface area contributed by atoms with Gasteiger partial charge >= 0.3 is 0 Å². The highest BCUT2D eigenvalue weighted by Crippen LogP contribution is 2.03. The Labute approximate surface area is 90.0 Å². The smallest absolute Gasteiger partial charge is 0.101 e. The van der Waals surface area contributed by atoms with Crippen molar-refractivity contribution in [1.82, 2.24) is 5.32 Å². The van der Waals surface area contributed by atoms with Crippen LogP contribution in [0.1, 0.15) is 19.8 Å². The van der Waals surface area contributed by atoms with Crippen LogP contribution >= 0.6 is 12.6 Å². The molecule has 0 saturated carbocycles. The third-order valence-corrected chi connectivity index (χ3v) is 2.34. The maximum absolute atomic E-state index is 12.7. The first-order valence-corrected chi connectivity index (χ1v) is 5.18. The fraction of sp³-hybridized carbons (Fsp3) is 0.778. The van der Waals surface area contributed by atoms with Crippen molar-refractivity contribution in [2.24, 2.45) is 5.73 Å². The number of alkyl halides is 1. The molecule has 0 aromatic rings. The second kappa shape index (κ2) is 8.08. The summed E-state index contributed by atoms with van der Waals surface area (Å²) in [5, 5.41) is 11.7. The Hall–Kier alpha value is -0.260. The van der Waals surface area contributed by atoms with Gasteiger partial charge in [0.2, 0.25) is 0 Å². The zero-order valence-electron chi connectivity index (χ0n) is 8.46. The molecule has 0 aliphatic rings. The summed E-state index contributed by atoms with van der Waals surface area (Å²) in [5.74, 6) is 0. The van der Waals surface area contributed by atoms with Crippen molar-refractivity contribution in [3.63, 3.8) is 0 Å². The standard InChI is InChI=1S/C9H19FN2OS/c1-2-7(10)3-4-12-5-8(11)9(14)6-13/h7,12-14H,2-6,11H2,1H3/b9-8-. The molecule has 84 valence electrons. The second-order valence-electron chi connectivity index (χ2n) is 3.10. The number of aliphatic hydroxyl groups is 1. The number of thiol groups is 1. The summed E-state index contributed by atoms with van der Waals surface area (Å²) >= 11 is 3.98. The quantitative estimate of drug-likeness (QED) is 0.381. The lowest BCUT2D eigenvalue weighted by atomic mass is 10.2. The molecule has 0 radical (unpaired) electrons. The lowest BCUT2D eigenvalue weighted by molar-refractivity contribution is 0.303. The maximum atomic E-state index is 12.7. The van der Waals surface area contributed by atoms with Crippen molar-refractivity contribution in [2.45, 2.75) is 25.9 Å². The van der Waals surface area contributed by atoms with Gasteiger partial charge in [-0.15, -0.1) is 12.6 Å². The van der Waals surface area contributed by atoms with Gasteiger partial charge in [0, 0.05) is 17.1 Å². The number of aliphatic hydroxyl groups excluding tert-OH is 1. The topological polar surface area (TPSA) is 58.3 Å². The number of hydrogen-bond acceptors (Lipinski definition) is 4. The summed E-state index contributed by atoms with van der Waals surface area (Å²) < 4.78 is 12.7. The highest BCUT2D eigenvalue weighted by molar-refractivity contribution is 7.84. The number of halogens is 1. The van der Waals surface area contributed by atoms with Crippen molar-refractivity contribution in [1.29, 1.82) is 0 Å².